The topological polar surface area (TPSA) is 70.5 Å². The van der Waals surface area contributed by atoms with Crippen molar-refractivity contribution in [2.75, 3.05) is 36.5 Å². The lowest BCUT2D eigenvalue weighted by atomic mass is 9.92. The summed E-state index contributed by atoms with van der Waals surface area (Å²) in [5, 5.41) is 12.3. The molecule has 1 aliphatic rings. The lowest BCUT2D eigenvalue weighted by Crippen LogP contribution is -2.53. The minimum Gasteiger partial charge on any atom is -0.378 e. The molecular weight excluding hydrogens is 478 g/mol. The number of aromatic nitrogens is 2. The summed E-state index contributed by atoms with van der Waals surface area (Å²) in [5.41, 5.74) is -3.83. The number of ether oxygens (including phenoxy) is 1. The third-order valence-corrected chi connectivity index (χ3v) is 5.55. The number of hydrogen-bond acceptors (Lipinski definition) is 6. The summed E-state index contributed by atoms with van der Waals surface area (Å²) >= 11 is 0. The second-order valence-electron chi connectivity index (χ2n) is 7.82. The number of nitrogens with one attached hydrogen (secondary N) is 1. The molecule has 35 heavy (non-hydrogen) atoms. The molecule has 1 saturated heterocycles. The highest BCUT2D eigenvalue weighted by molar-refractivity contribution is 5.67. The van der Waals surface area contributed by atoms with E-state index >= 15 is 0 Å². The number of hydrogen-bond donors (Lipinski definition) is 2. The van der Waals surface area contributed by atoms with Crippen LogP contribution in [0, 0.1) is 0 Å². The van der Waals surface area contributed by atoms with Crippen molar-refractivity contribution in [3.8, 4) is 11.3 Å². The van der Waals surface area contributed by atoms with E-state index in [9.17, 15) is 31.4 Å². The van der Waals surface area contributed by atoms with Crippen LogP contribution in [0.15, 0.2) is 60.8 Å². The van der Waals surface area contributed by atoms with Crippen molar-refractivity contribution in [3.63, 3.8) is 0 Å². The van der Waals surface area contributed by atoms with Gasteiger partial charge in [0.15, 0.2) is 0 Å². The predicted octanol–water partition coefficient (Wildman–Crippen LogP) is 5.04. The fourth-order valence-electron chi connectivity index (χ4n) is 3.68. The van der Waals surface area contributed by atoms with Crippen LogP contribution in [0.1, 0.15) is 5.56 Å². The van der Waals surface area contributed by atoms with Crippen LogP contribution in [0.4, 0.5) is 43.7 Å². The van der Waals surface area contributed by atoms with E-state index in [1.165, 1.54) is 6.20 Å². The van der Waals surface area contributed by atoms with Gasteiger partial charge < -0.3 is 20.1 Å². The Morgan fingerprint density at radius 3 is 2.17 bits per heavy atom. The van der Waals surface area contributed by atoms with Crippen molar-refractivity contribution in [2.45, 2.75) is 18.0 Å². The normalized spacial score (nSPS) is 15.2. The molecule has 1 aromatic heterocycles. The monoisotopic (exact) mass is 498 g/mol. The van der Waals surface area contributed by atoms with Crippen molar-refractivity contribution in [1.29, 1.82) is 0 Å². The molecule has 6 nitrogen and oxygen atoms in total. The summed E-state index contributed by atoms with van der Waals surface area (Å²) in [7, 11) is 0. The van der Waals surface area contributed by atoms with E-state index in [1.54, 1.807) is 6.07 Å². The first-order chi connectivity index (χ1) is 16.5. The summed E-state index contributed by atoms with van der Waals surface area (Å²) in [6.07, 6.45) is -10.4. The molecule has 1 fully saturated rings. The lowest BCUT2D eigenvalue weighted by Gasteiger charge is -2.32. The zero-order chi connectivity index (χ0) is 25.3. The Kier molecular flexibility index (Phi) is 6.60. The van der Waals surface area contributed by atoms with Gasteiger partial charge in [-0.2, -0.15) is 26.3 Å². The Hall–Kier alpha value is -3.38. The third-order valence-electron chi connectivity index (χ3n) is 5.55. The van der Waals surface area contributed by atoms with E-state index in [0.29, 0.717) is 31.0 Å². The van der Waals surface area contributed by atoms with Crippen LogP contribution >= 0.6 is 0 Å². The van der Waals surface area contributed by atoms with E-state index in [-0.39, 0.29) is 11.6 Å². The first kappa shape index (κ1) is 24.7. The maximum Gasteiger partial charge on any atom is 0.430 e. The molecule has 2 heterocycles. The molecular formula is C23H20F6N4O2. The Morgan fingerprint density at radius 1 is 0.886 bits per heavy atom. The molecule has 0 atom stereocenters. The molecule has 0 saturated carbocycles. The van der Waals surface area contributed by atoms with Crippen molar-refractivity contribution in [3.05, 3.63) is 66.4 Å². The Morgan fingerprint density at radius 2 is 1.54 bits per heavy atom. The number of alkyl halides is 6. The fourth-order valence-corrected chi connectivity index (χ4v) is 3.68. The van der Waals surface area contributed by atoms with Gasteiger partial charge in [-0.15, -0.1) is 0 Å². The van der Waals surface area contributed by atoms with Gasteiger partial charge in [-0.1, -0.05) is 24.3 Å². The SMILES string of the molecule is OC(c1ccc(Nc2nccc(-c3cccc(N4CCOCC4)c3)n2)cc1)(C(F)(F)F)C(F)(F)F. The smallest absolute Gasteiger partial charge is 0.378 e. The highest BCUT2D eigenvalue weighted by Gasteiger charge is 2.71. The van der Waals surface area contributed by atoms with Gasteiger partial charge in [0, 0.05) is 41.8 Å². The minimum atomic E-state index is -5.95. The van der Waals surface area contributed by atoms with Gasteiger partial charge in [-0.3, -0.25) is 0 Å². The summed E-state index contributed by atoms with van der Waals surface area (Å²) in [4.78, 5) is 10.6. The van der Waals surface area contributed by atoms with Gasteiger partial charge in [-0.05, 0) is 30.3 Å². The Balaban J connectivity index is 1.55. The molecule has 0 aliphatic carbocycles. The van der Waals surface area contributed by atoms with E-state index in [1.807, 2.05) is 24.3 Å². The van der Waals surface area contributed by atoms with Crippen molar-refractivity contribution in [2.24, 2.45) is 0 Å². The molecule has 4 rings (SSSR count). The molecule has 1 aliphatic heterocycles. The number of benzene rings is 2. The Bertz CT molecular complexity index is 1150. The zero-order valence-electron chi connectivity index (χ0n) is 18.1. The van der Waals surface area contributed by atoms with Crippen LogP contribution in [0.2, 0.25) is 0 Å². The number of halogens is 6. The van der Waals surface area contributed by atoms with E-state index < -0.39 is 23.5 Å². The molecule has 0 amide bonds. The fraction of sp³-hybridized carbons (Fsp3) is 0.304. The third kappa shape index (κ3) is 5.03. The van der Waals surface area contributed by atoms with Gasteiger partial charge in [0.2, 0.25) is 5.95 Å². The predicted molar refractivity (Wildman–Crippen MR) is 116 cm³/mol. The number of rotatable bonds is 5. The standard InChI is InChI=1S/C23H20F6N4O2/c24-22(25,26)21(34,23(27,28)29)16-4-6-17(7-5-16)31-20-30-9-8-19(32-20)15-2-1-3-18(14-15)33-10-12-35-13-11-33/h1-9,14,34H,10-13H2,(H,30,31,32). The first-order valence-electron chi connectivity index (χ1n) is 10.5. The summed E-state index contributed by atoms with van der Waals surface area (Å²) in [5.74, 6) is 0.0916. The number of morpholine rings is 1. The summed E-state index contributed by atoms with van der Waals surface area (Å²) < 4.78 is 83.8. The summed E-state index contributed by atoms with van der Waals surface area (Å²) in [6.45, 7) is 2.78. The highest BCUT2D eigenvalue weighted by Crippen LogP contribution is 2.50. The average molecular weight is 498 g/mol. The average Bonchev–Trinajstić information content (AvgIpc) is 2.83. The van der Waals surface area contributed by atoms with Crippen molar-refractivity contribution < 1.29 is 36.2 Å². The van der Waals surface area contributed by atoms with Crippen LogP contribution in [0.5, 0.6) is 0 Å². The largest absolute Gasteiger partial charge is 0.430 e. The number of nitrogens with zero attached hydrogens (tertiary/aromatic N) is 3. The molecule has 2 aromatic carbocycles. The van der Waals surface area contributed by atoms with Crippen LogP contribution < -0.4 is 10.2 Å². The number of aliphatic hydroxyl groups is 1. The van der Waals surface area contributed by atoms with Gasteiger partial charge in [0.25, 0.3) is 5.60 Å². The number of anilines is 3. The molecule has 12 heteroatoms. The molecule has 0 spiro atoms. The molecule has 3 aromatic rings. The summed E-state index contributed by atoms with van der Waals surface area (Å²) in [6, 6.07) is 12.4. The molecule has 0 bridgehead atoms. The quantitative estimate of drug-likeness (QED) is 0.481. The van der Waals surface area contributed by atoms with Crippen LogP contribution in [0.3, 0.4) is 0 Å². The molecule has 0 radical (unpaired) electrons. The molecule has 2 N–H and O–H groups in total. The minimum absolute atomic E-state index is 0.0916. The van der Waals surface area contributed by atoms with Gasteiger partial charge in [0.05, 0.1) is 18.9 Å². The maximum absolute atomic E-state index is 13.1. The van der Waals surface area contributed by atoms with E-state index in [2.05, 4.69) is 20.2 Å². The first-order valence-corrected chi connectivity index (χ1v) is 10.5. The maximum atomic E-state index is 13.1. The highest BCUT2D eigenvalue weighted by atomic mass is 19.4. The Labute approximate surface area is 196 Å². The van der Waals surface area contributed by atoms with Crippen molar-refractivity contribution in [1.82, 2.24) is 9.97 Å². The van der Waals surface area contributed by atoms with Gasteiger partial charge in [-0.25, -0.2) is 9.97 Å². The molecule has 186 valence electrons. The van der Waals surface area contributed by atoms with Crippen LogP contribution in [-0.4, -0.2) is 53.7 Å². The zero-order valence-corrected chi connectivity index (χ0v) is 18.1. The molecule has 0 unspecified atom stereocenters. The van der Waals surface area contributed by atoms with E-state index in [0.717, 1.165) is 36.5 Å². The second-order valence-corrected chi connectivity index (χ2v) is 7.82. The van der Waals surface area contributed by atoms with Crippen LogP contribution in [-0.2, 0) is 10.3 Å². The van der Waals surface area contributed by atoms with Gasteiger partial charge >= 0.3 is 12.4 Å². The van der Waals surface area contributed by atoms with Crippen molar-refractivity contribution >= 4 is 17.3 Å². The lowest BCUT2D eigenvalue weighted by molar-refractivity contribution is -0.376. The van der Waals surface area contributed by atoms with E-state index in [4.69, 9.17) is 4.74 Å². The van der Waals surface area contributed by atoms with Gasteiger partial charge in [0.1, 0.15) is 0 Å². The van der Waals surface area contributed by atoms with Crippen LogP contribution in [0.25, 0.3) is 11.3 Å². The second kappa shape index (κ2) is 9.34.